The summed E-state index contributed by atoms with van der Waals surface area (Å²) in [5, 5.41) is 14.8. The minimum atomic E-state index is -4.16. The van der Waals surface area contributed by atoms with Crippen LogP contribution in [0.5, 0.6) is 5.75 Å². The van der Waals surface area contributed by atoms with Gasteiger partial charge in [-0.1, -0.05) is 67.4 Å². The monoisotopic (exact) mass is 630 g/mol. The average Bonchev–Trinajstić information content (AvgIpc) is 2.97. The number of rotatable bonds is 15. The third kappa shape index (κ3) is 9.42. The van der Waals surface area contributed by atoms with Gasteiger partial charge in [-0.15, -0.1) is 0 Å². The molecule has 2 amide bonds. The van der Waals surface area contributed by atoms with Crippen molar-refractivity contribution >= 4 is 44.8 Å². The highest BCUT2D eigenvalue weighted by atomic mass is 35.5. The zero-order chi connectivity index (χ0) is 31.6. The van der Waals surface area contributed by atoms with Gasteiger partial charge in [0.2, 0.25) is 21.8 Å². The topological polar surface area (TPSA) is 139 Å². The first-order chi connectivity index (χ1) is 20.4. The van der Waals surface area contributed by atoms with Crippen molar-refractivity contribution in [2.24, 2.45) is 0 Å². The van der Waals surface area contributed by atoms with Crippen LogP contribution < -0.4 is 14.4 Å². The van der Waals surface area contributed by atoms with Crippen molar-refractivity contribution in [2.75, 3.05) is 30.8 Å². The fourth-order valence-electron chi connectivity index (χ4n) is 4.47. The van der Waals surface area contributed by atoms with E-state index in [9.17, 15) is 28.1 Å². The Hall–Kier alpha value is -4.16. The van der Waals surface area contributed by atoms with Gasteiger partial charge in [-0.25, -0.2) is 8.42 Å². The van der Waals surface area contributed by atoms with Crippen molar-refractivity contribution in [3.05, 3.63) is 99.1 Å². The first-order valence-corrected chi connectivity index (χ1v) is 15.8. The molecule has 3 rings (SSSR count). The highest BCUT2D eigenvalue weighted by Gasteiger charge is 2.34. The summed E-state index contributed by atoms with van der Waals surface area (Å²) in [6, 6.07) is 18.4. The lowest BCUT2D eigenvalue weighted by atomic mass is 10.0. The predicted octanol–water partition coefficient (Wildman–Crippen LogP) is 4.58. The van der Waals surface area contributed by atoms with Crippen molar-refractivity contribution in [2.45, 2.75) is 38.8 Å². The summed E-state index contributed by atoms with van der Waals surface area (Å²) >= 11 is 6.22. The number of nitro benzene ring substituents is 1. The number of nitrogens with zero attached hydrogens (tertiary/aromatic N) is 3. The molecule has 0 fully saturated rings. The standard InChI is InChI=1S/C30H35ClN4O7S/c1-4-5-16-32-30(37)27(18-22-10-7-6-8-11-22)33(20-23-12-9-13-24(31)17-23)29(36)21-34(43(3,40)41)26-19-25(35(38)39)14-15-28(26)42-2/h6-15,17,19,27H,4-5,16,18,20-21H2,1-3H3,(H,32,37)/t27-/m0/s1. The van der Waals surface area contributed by atoms with Crippen molar-refractivity contribution < 1.29 is 27.7 Å². The van der Waals surface area contributed by atoms with Crippen molar-refractivity contribution in [3.63, 3.8) is 0 Å². The van der Waals surface area contributed by atoms with Crippen molar-refractivity contribution in [1.29, 1.82) is 0 Å². The van der Waals surface area contributed by atoms with E-state index in [0.717, 1.165) is 35.0 Å². The molecule has 11 nitrogen and oxygen atoms in total. The molecule has 0 heterocycles. The van der Waals surface area contributed by atoms with Crippen molar-refractivity contribution in [3.8, 4) is 5.75 Å². The number of halogens is 1. The average molecular weight is 631 g/mol. The number of ether oxygens (including phenoxy) is 1. The van der Waals surface area contributed by atoms with E-state index in [2.05, 4.69) is 5.32 Å². The molecule has 1 N–H and O–H groups in total. The number of nitrogens with one attached hydrogen (secondary N) is 1. The minimum absolute atomic E-state index is 0.0170. The quantitative estimate of drug-likeness (QED) is 0.147. The van der Waals surface area contributed by atoms with Crippen LogP contribution >= 0.6 is 11.6 Å². The van der Waals surface area contributed by atoms with Crippen LogP contribution in [0.1, 0.15) is 30.9 Å². The molecule has 0 radical (unpaired) electrons. The molecule has 3 aromatic carbocycles. The molecule has 13 heteroatoms. The minimum Gasteiger partial charge on any atom is -0.495 e. The number of unbranched alkanes of at least 4 members (excludes halogenated alkanes) is 1. The number of nitro groups is 1. The summed E-state index contributed by atoms with van der Waals surface area (Å²) in [4.78, 5) is 40.0. The number of hydrogen-bond donors (Lipinski definition) is 1. The lowest BCUT2D eigenvalue weighted by Crippen LogP contribution is -2.53. The maximum atomic E-state index is 14.2. The second-order valence-electron chi connectivity index (χ2n) is 9.88. The SMILES string of the molecule is CCCCNC(=O)[C@H](Cc1ccccc1)N(Cc1cccc(Cl)c1)C(=O)CN(c1cc([N+](=O)[O-])ccc1OC)S(C)(=O)=O. The van der Waals surface area contributed by atoms with E-state index < -0.39 is 39.3 Å². The van der Waals surface area contributed by atoms with Gasteiger partial charge in [0.25, 0.3) is 5.69 Å². The third-order valence-corrected chi connectivity index (χ3v) is 8.03. The second kappa shape index (κ2) is 15.4. The number of carbonyl (C=O) groups excluding carboxylic acids is 2. The molecule has 0 aromatic heterocycles. The maximum Gasteiger partial charge on any atom is 0.271 e. The van der Waals surface area contributed by atoms with Gasteiger partial charge < -0.3 is 15.0 Å². The Kier molecular flexibility index (Phi) is 11.9. The van der Waals surface area contributed by atoms with Crippen LogP contribution in [0.3, 0.4) is 0 Å². The number of methoxy groups -OCH3 is 1. The van der Waals surface area contributed by atoms with Crippen LogP contribution in [0.15, 0.2) is 72.8 Å². The molecule has 0 unspecified atom stereocenters. The molecule has 0 saturated heterocycles. The highest BCUT2D eigenvalue weighted by molar-refractivity contribution is 7.92. The first kappa shape index (κ1) is 33.3. The molecule has 0 aliphatic heterocycles. The number of benzene rings is 3. The molecule has 0 bridgehead atoms. The van der Waals surface area contributed by atoms with Gasteiger partial charge in [0, 0.05) is 36.7 Å². The smallest absolute Gasteiger partial charge is 0.271 e. The Morgan fingerprint density at radius 1 is 1.05 bits per heavy atom. The molecular formula is C30H35ClN4O7S. The van der Waals surface area contributed by atoms with Gasteiger partial charge in [0.15, 0.2) is 0 Å². The van der Waals surface area contributed by atoms with Crippen LogP contribution in [0, 0.1) is 10.1 Å². The van der Waals surface area contributed by atoms with E-state index in [1.807, 2.05) is 37.3 Å². The van der Waals surface area contributed by atoms with Gasteiger partial charge in [0.05, 0.1) is 18.3 Å². The number of hydrogen-bond acceptors (Lipinski definition) is 7. The second-order valence-corrected chi connectivity index (χ2v) is 12.2. The largest absolute Gasteiger partial charge is 0.495 e. The Morgan fingerprint density at radius 2 is 1.74 bits per heavy atom. The van der Waals surface area contributed by atoms with Crippen LogP contribution in [0.2, 0.25) is 5.02 Å². The molecule has 0 spiro atoms. The zero-order valence-electron chi connectivity index (χ0n) is 24.2. The molecule has 1 atom stereocenters. The summed E-state index contributed by atoms with van der Waals surface area (Å²) in [6.45, 7) is 1.59. The van der Waals surface area contributed by atoms with E-state index >= 15 is 0 Å². The Morgan fingerprint density at radius 3 is 2.35 bits per heavy atom. The number of sulfonamides is 1. The molecule has 43 heavy (non-hydrogen) atoms. The molecule has 0 saturated carbocycles. The zero-order valence-corrected chi connectivity index (χ0v) is 25.8. The van der Waals surface area contributed by atoms with Crippen LogP contribution in [-0.2, 0) is 32.6 Å². The summed E-state index contributed by atoms with van der Waals surface area (Å²) < 4.78 is 32.1. The lowest BCUT2D eigenvalue weighted by Gasteiger charge is -2.33. The molecular weight excluding hydrogens is 596 g/mol. The molecule has 3 aromatic rings. The Bertz CT molecular complexity index is 1540. The van der Waals surface area contributed by atoms with Gasteiger partial charge in [-0.2, -0.15) is 0 Å². The van der Waals surface area contributed by atoms with E-state index in [4.69, 9.17) is 16.3 Å². The van der Waals surface area contributed by atoms with E-state index in [-0.39, 0.29) is 30.1 Å². The normalized spacial score (nSPS) is 11.8. The van der Waals surface area contributed by atoms with Gasteiger partial charge in [-0.05, 0) is 35.7 Å². The third-order valence-electron chi connectivity index (χ3n) is 6.66. The lowest BCUT2D eigenvalue weighted by molar-refractivity contribution is -0.384. The van der Waals surface area contributed by atoms with Crippen LogP contribution in [-0.4, -0.2) is 62.6 Å². The van der Waals surface area contributed by atoms with Gasteiger partial charge >= 0.3 is 0 Å². The van der Waals surface area contributed by atoms with E-state index in [1.165, 1.54) is 24.1 Å². The fraction of sp³-hybridized carbons (Fsp3) is 0.333. The predicted molar refractivity (Wildman–Crippen MR) is 166 cm³/mol. The molecule has 0 aliphatic carbocycles. The van der Waals surface area contributed by atoms with Gasteiger partial charge in [-0.3, -0.25) is 24.0 Å². The Labute approximate surface area is 256 Å². The van der Waals surface area contributed by atoms with Crippen molar-refractivity contribution in [1.82, 2.24) is 10.2 Å². The highest BCUT2D eigenvalue weighted by Crippen LogP contribution is 2.34. The summed E-state index contributed by atoms with van der Waals surface area (Å²) in [6.07, 6.45) is 2.63. The summed E-state index contributed by atoms with van der Waals surface area (Å²) in [5.41, 5.74) is 0.855. The van der Waals surface area contributed by atoms with Gasteiger partial charge in [0.1, 0.15) is 24.0 Å². The molecule has 230 valence electrons. The first-order valence-electron chi connectivity index (χ1n) is 13.6. The summed E-state index contributed by atoms with van der Waals surface area (Å²) in [5.74, 6) is -1.08. The number of anilines is 1. The maximum absolute atomic E-state index is 14.2. The van der Waals surface area contributed by atoms with Crippen LogP contribution in [0.4, 0.5) is 11.4 Å². The fourth-order valence-corrected chi connectivity index (χ4v) is 5.53. The number of carbonyl (C=O) groups is 2. The molecule has 0 aliphatic rings. The Balaban J connectivity index is 2.11. The van der Waals surface area contributed by atoms with E-state index in [0.29, 0.717) is 17.1 Å². The van der Waals surface area contributed by atoms with E-state index in [1.54, 1.807) is 24.3 Å². The number of non-ortho nitro benzene ring substituents is 1. The van der Waals surface area contributed by atoms with Crippen LogP contribution in [0.25, 0.3) is 0 Å². The number of amides is 2. The summed E-state index contributed by atoms with van der Waals surface area (Å²) in [7, 11) is -2.88.